The van der Waals surface area contributed by atoms with Crippen LogP contribution in [-0.4, -0.2) is 46.5 Å². The third kappa shape index (κ3) is 4.38. The average molecular weight is 472 g/mol. The van der Waals surface area contributed by atoms with Gasteiger partial charge in [0.2, 0.25) is 0 Å². The maximum atomic E-state index is 13.6. The number of nitrogens with one attached hydrogen (secondary N) is 2. The highest BCUT2D eigenvalue weighted by Crippen LogP contribution is 2.30. The number of fused-ring (bicyclic) bond motifs is 2. The highest BCUT2D eigenvalue weighted by Gasteiger charge is 2.14. The molecule has 0 unspecified atom stereocenters. The first-order chi connectivity index (χ1) is 17.1. The number of nitrogens with zero attached hydrogens (tertiary/aromatic N) is 4. The van der Waals surface area contributed by atoms with Crippen LogP contribution in [0.5, 0.6) is 0 Å². The lowest BCUT2D eigenvalue weighted by molar-refractivity contribution is 0.122. The van der Waals surface area contributed by atoms with Crippen LogP contribution >= 0.6 is 0 Å². The highest BCUT2D eigenvalue weighted by molar-refractivity contribution is 5.97. The maximum Gasteiger partial charge on any atom is 0.161 e. The second-order valence-corrected chi connectivity index (χ2v) is 8.55. The van der Waals surface area contributed by atoms with Crippen molar-refractivity contribution in [3.05, 3.63) is 83.7 Å². The van der Waals surface area contributed by atoms with Crippen LogP contribution in [0.4, 0.5) is 26.1 Å². The number of anilines is 3. The molecule has 0 aliphatic carbocycles. The zero-order chi connectivity index (χ0) is 23.8. The molecule has 0 atom stereocenters. The highest BCUT2D eigenvalue weighted by atomic mass is 19.1. The van der Waals surface area contributed by atoms with E-state index in [4.69, 9.17) is 4.74 Å². The molecule has 1 aliphatic rings. The SMILES string of the molecule is Fc1cc(F)cc(Cc2ccc3[nH]nc(Nc4ncnc5cc(N6CCOCC6)ccc45)c3c2)c1. The number of benzene rings is 3. The Bertz CT molecular complexity index is 1510. The van der Waals surface area contributed by atoms with Crippen molar-refractivity contribution in [2.45, 2.75) is 6.42 Å². The monoisotopic (exact) mass is 472 g/mol. The van der Waals surface area contributed by atoms with E-state index in [1.54, 1.807) is 0 Å². The lowest BCUT2D eigenvalue weighted by atomic mass is 10.0. The summed E-state index contributed by atoms with van der Waals surface area (Å²) in [4.78, 5) is 11.2. The Hall–Kier alpha value is -4.11. The molecule has 3 aromatic carbocycles. The number of aromatic amines is 1. The molecular formula is C26H22F2N6O. The summed E-state index contributed by atoms with van der Waals surface area (Å²) in [5.74, 6) is 0.0948. The van der Waals surface area contributed by atoms with Gasteiger partial charge in [0, 0.05) is 35.6 Å². The van der Waals surface area contributed by atoms with Crippen LogP contribution in [0.15, 0.2) is 60.9 Å². The van der Waals surface area contributed by atoms with Gasteiger partial charge in [0.25, 0.3) is 0 Å². The number of H-pyrrole nitrogens is 1. The molecule has 7 nitrogen and oxygen atoms in total. The van der Waals surface area contributed by atoms with Crippen molar-refractivity contribution in [3.63, 3.8) is 0 Å². The van der Waals surface area contributed by atoms with Gasteiger partial charge >= 0.3 is 0 Å². The minimum atomic E-state index is -0.584. The van der Waals surface area contributed by atoms with Gasteiger partial charge in [-0.15, -0.1) is 0 Å². The second-order valence-electron chi connectivity index (χ2n) is 8.55. The molecule has 6 rings (SSSR count). The maximum absolute atomic E-state index is 13.6. The van der Waals surface area contributed by atoms with E-state index in [0.717, 1.165) is 65.4 Å². The Morgan fingerprint density at radius 3 is 2.51 bits per heavy atom. The lowest BCUT2D eigenvalue weighted by Gasteiger charge is -2.29. The molecule has 5 aromatic rings. The van der Waals surface area contributed by atoms with Crippen LogP contribution in [-0.2, 0) is 11.2 Å². The minimum absolute atomic E-state index is 0.399. The van der Waals surface area contributed by atoms with E-state index >= 15 is 0 Å². The smallest absolute Gasteiger partial charge is 0.161 e. The molecule has 0 amide bonds. The van der Waals surface area contributed by atoms with Gasteiger partial charge in [-0.2, -0.15) is 5.10 Å². The van der Waals surface area contributed by atoms with Gasteiger partial charge in [0.15, 0.2) is 5.82 Å². The predicted molar refractivity (Wildman–Crippen MR) is 131 cm³/mol. The predicted octanol–water partition coefficient (Wildman–Crippen LogP) is 4.96. The van der Waals surface area contributed by atoms with Gasteiger partial charge in [0.1, 0.15) is 23.8 Å². The van der Waals surface area contributed by atoms with Crippen LogP contribution in [0.1, 0.15) is 11.1 Å². The molecule has 0 bridgehead atoms. The zero-order valence-electron chi connectivity index (χ0n) is 18.8. The molecule has 3 heterocycles. The van der Waals surface area contributed by atoms with Crippen molar-refractivity contribution in [1.29, 1.82) is 0 Å². The quantitative estimate of drug-likeness (QED) is 0.377. The molecule has 0 saturated carbocycles. The van der Waals surface area contributed by atoms with Crippen molar-refractivity contribution in [1.82, 2.24) is 20.2 Å². The van der Waals surface area contributed by atoms with Crippen LogP contribution in [0.25, 0.3) is 21.8 Å². The third-order valence-corrected chi connectivity index (χ3v) is 6.19. The van der Waals surface area contributed by atoms with E-state index in [0.29, 0.717) is 23.6 Å². The number of halogens is 2. The van der Waals surface area contributed by atoms with Crippen molar-refractivity contribution in [2.24, 2.45) is 0 Å². The number of aromatic nitrogens is 4. The molecule has 35 heavy (non-hydrogen) atoms. The molecule has 1 fully saturated rings. The Morgan fingerprint density at radius 2 is 1.69 bits per heavy atom. The van der Waals surface area contributed by atoms with Gasteiger partial charge < -0.3 is 15.0 Å². The summed E-state index contributed by atoms with van der Waals surface area (Å²) in [6.07, 6.45) is 1.93. The van der Waals surface area contributed by atoms with E-state index in [1.165, 1.54) is 18.5 Å². The summed E-state index contributed by atoms with van der Waals surface area (Å²) in [6, 6.07) is 15.5. The number of hydrogen-bond acceptors (Lipinski definition) is 6. The molecule has 1 aliphatic heterocycles. The summed E-state index contributed by atoms with van der Waals surface area (Å²) >= 11 is 0. The molecule has 176 valence electrons. The topological polar surface area (TPSA) is 79.0 Å². The van der Waals surface area contributed by atoms with Crippen LogP contribution < -0.4 is 10.2 Å². The van der Waals surface area contributed by atoms with Crippen molar-refractivity contribution in [2.75, 3.05) is 36.5 Å². The number of ether oxygens (including phenoxy) is 1. The van der Waals surface area contributed by atoms with Gasteiger partial charge in [-0.3, -0.25) is 5.10 Å². The fourth-order valence-electron chi connectivity index (χ4n) is 4.49. The van der Waals surface area contributed by atoms with Gasteiger partial charge in [-0.25, -0.2) is 18.7 Å². The van der Waals surface area contributed by atoms with Gasteiger partial charge in [-0.1, -0.05) is 6.07 Å². The Kier molecular flexibility index (Phi) is 5.46. The van der Waals surface area contributed by atoms with Crippen molar-refractivity contribution >= 4 is 39.1 Å². The molecule has 2 N–H and O–H groups in total. The first-order valence-electron chi connectivity index (χ1n) is 11.4. The summed E-state index contributed by atoms with van der Waals surface area (Å²) in [7, 11) is 0. The van der Waals surface area contributed by atoms with Crippen molar-refractivity contribution in [3.8, 4) is 0 Å². The Balaban J connectivity index is 1.30. The molecule has 9 heteroatoms. The lowest BCUT2D eigenvalue weighted by Crippen LogP contribution is -2.36. The summed E-state index contributed by atoms with van der Waals surface area (Å²) in [5, 5.41) is 12.5. The second kappa shape index (κ2) is 8.92. The van der Waals surface area contributed by atoms with E-state index in [2.05, 4.69) is 42.5 Å². The third-order valence-electron chi connectivity index (χ3n) is 6.19. The zero-order valence-corrected chi connectivity index (χ0v) is 18.8. The molecule has 1 saturated heterocycles. The average Bonchev–Trinajstić information content (AvgIpc) is 3.26. The standard InChI is InChI=1S/C26H22F2N6O/c27-18-10-17(11-19(28)13-18)9-16-1-4-23-22(12-16)26(33-32-23)31-25-21-3-2-20(14-24(21)29-15-30-25)34-5-7-35-8-6-34/h1-4,10-15H,5-9H2,(H2,29,30,31,32,33). The fraction of sp³-hybridized carbons (Fsp3) is 0.192. The minimum Gasteiger partial charge on any atom is -0.378 e. The largest absolute Gasteiger partial charge is 0.378 e. The van der Waals surface area contributed by atoms with E-state index in [-0.39, 0.29) is 0 Å². The van der Waals surface area contributed by atoms with E-state index < -0.39 is 11.6 Å². The van der Waals surface area contributed by atoms with Crippen LogP contribution in [0.2, 0.25) is 0 Å². The van der Waals surface area contributed by atoms with Crippen LogP contribution in [0, 0.1) is 11.6 Å². The molecule has 0 spiro atoms. The normalized spacial score (nSPS) is 14.1. The summed E-state index contributed by atoms with van der Waals surface area (Å²) in [6.45, 7) is 3.14. The van der Waals surface area contributed by atoms with Crippen LogP contribution in [0.3, 0.4) is 0 Å². The molecule has 2 aromatic heterocycles. The fourth-order valence-corrected chi connectivity index (χ4v) is 4.49. The van der Waals surface area contributed by atoms with E-state index in [9.17, 15) is 8.78 Å². The van der Waals surface area contributed by atoms with Gasteiger partial charge in [0.05, 0.1) is 24.2 Å². The first-order valence-corrected chi connectivity index (χ1v) is 11.4. The van der Waals surface area contributed by atoms with Gasteiger partial charge in [-0.05, 0) is 60.0 Å². The Morgan fingerprint density at radius 1 is 0.857 bits per heavy atom. The number of rotatable bonds is 5. The number of morpholine rings is 1. The first kappa shape index (κ1) is 21.4. The summed E-state index contributed by atoms with van der Waals surface area (Å²) < 4.78 is 32.7. The number of hydrogen-bond donors (Lipinski definition) is 2. The molecular weight excluding hydrogens is 450 g/mol. The van der Waals surface area contributed by atoms with Crippen molar-refractivity contribution < 1.29 is 13.5 Å². The summed E-state index contributed by atoms with van der Waals surface area (Å²) in [5.41, 5.74) is 4.26. The van der Waals surface area contributed by atoms with E-state index in [1.807, 2.05) is 24.3 Å². The Labute approximate surface area is 199 Å². The molecule has 0 radical (unpaired) electrons.